The zero-order chi connectivity index (χ0) is 41.2. The second kappa shape index (κ2) is 17.3. The molecule has 0 fully saturated rings. The van der Waals surface area contributed by atoms with Gasteiger partial charge in [0.2, 0.25) is 10.3 Å². The van der Waals surface area contributed by atoms with E-state index in [2.05, 4.69) is 160 Å². The van der Waals surface area contributed by atoms with Crippen LogP contribution in [-0.2, 0) is 18.3 Å². The van der Waals surface area contributed by atoms with Crippen LogP contribution in [0.1, 0.15) is 54.9 Å². The predicted octanol–water partition coefficient (Wildman–Crippen LogP) is 12.3. The van der Waals surface area contributed by atoms with E-state index in [1.54, 1.807) is 46.2 Å². The van der Waals surface area contributed by atoms with Crippen LogP contribution in [0.4, 0.5) is 0 Å². The second-order valence-electron chi connectivity index (χ2n) is 15.0. The summed E-state index contributed by atoms with van der Waals surface area (Å²) < 4.78 is 7.25. The van der Waals surface area contributed by atoms with Crippen molar-refractivity contribution in [3.05, 3.63) is 165 Å². The minimum Gasteiger partial charge on any atom is -0.361 e. The fraction of sp³-hybridized carbons (Fsp3) is 0.156. The lowest BCUT2D eigenvalue weighted by molar-refractivity contribution is 0.566. The first-order valence-corrected chi connectivity index (χ1v) is 23.3. The molecule has 2 N–H and O–H groups in total. The zero-order valence-electron chi connectivity index (χ0n) is 33.1. The largest absolute Gasteiger partial charge is 0.361 e. The molecule has 4 aromatic carbocycles. The summed E-state index contributed by atoms with van der Waals surface area (Å²) in [6.45, 7) is 8.53. The molecule has 0 atom stereocenters. The average Bonchev–Trinajstić information content (AvgIpc) is 4.13. The molecule has 6 aromatic heterocycles. The Morgan fingerprint density at radius 2 is 1.10 bits per heavy atom. The van der Waals surface area contributed by atoms with E-state index in [1.165, 1.54) is 21.9 Å². The highest BCUT2D eigenvalue weighted by Gasteiger charge is 2.25. The van der Waals surface area contributed by atoms with Gasteiger partial charge in [-0.05, 0) is 93.9 Å². The topological polar surface area (TPSA) is 119 Å². The van der Waals surface area contributed by atoms with Gasteiger partial charge in [0.15, 0.2) is 8.68 Å². The SMILES string of the molecule is CC(C)(C)c1nc(Sc2nnc(Cc3c[nH]c4ccccc34)n2-c2ccccc2)sc1Br.Cc1csc(Sc2nnc(Cc3c[nH]c4ccccc34)n2-c2ccccc2)n1. The molecular weight excluding hydrogens is 889 g/mol. The van der Waals surface area contributed by atoms with Crippen LogP contribution >= 0.6 is 62.1 Å². The molecule has 0 aliphatic heterocycles. The Morgan fingerprint density at radius 1 is 0.617 bits per heavy atom. The van der Waals surface area contributed by atoms with Crippen LogP contribution < -0.4 is 0 Å². The van der Waals surface area contributed by atoms with Crippen LogP contribution in [0.2, 0.25) is 0 Å². The highest BCUT2D eigenvalue weighted by molar-refractivity contribution is 9.11. The van der Waals surface area contributed by atoms with Crippen molar-refractivity contribution < 1.29 is 0 Å². The fourth-order valence-corrected chi connectivity index (χ4v) is 12.2. The molecule has 0 aliphatic rings. The molecule has 15 heteroatoms. The smallest absolute Gasteiger partial charge is 0.202 e. The molecule has 0 amide bonds. The Balaban J connectivity index is 0.000000155. The molecule has 6 heterocycles. The van der Waals surface area contributed by atoms with Crippen molar-refractivity contribution in [2.45, 2.75) is 64.9 Å². The maximum Gasteiger partial charge on any atom is 0.202 e. The lowest BCUT2D eigenvalue weighted by atomic mass is 9.93. The molecule has 0 spiro atoms. The van der Waals surface area contributed by atoms with E-state index in [1.807, 2.05) is 55.5 Å². The molecule has 0 unspecified atom stereocenters. The minimum absolute atomic E-state index is 0.0260. The van der Waals surface area contributed by atoms with E-state index in [9.17, 15) is 0 Å². The molecule has 60 heavy (non-hydrogen) atoms. The van der Waals surface area contributed by atoms with E-state index in [0.29, 0.717) is 12.8 Å². The molecule has 0 saturated carbocycles. The Labute approximate surface area is 372 Å². The summed E-state index contributed by atoms with van der Waals surface area (Å²) in [5.41, 5.74) is 8.84. The average molecular weight is 928 g/mol. The van der Waals surface area contributed by atoms with Gasteiger partial charge >= 0.3 is 0 Å². The summed E-state index contributed by atoms with van der Waals surface area (Å²) in [5.74, 6) is 1.81. The van der Waals surface area contributed by atoms with Gasteiger partial charge in [-0.1, -0.05) is 105 Å². The molecular formula is C45H39BrN10S4. The van der Waals surface area contributed by atoms with Crippen LogP contribution in [0.5, 0.6) is 0 Å². The highest BCUT2D eigenvalue weighted by atomic mass is 79.9. The van der Waals surface area contributed by atoms with Gasteiger partial charge in [-0.15, -0.1) is 31.7 Å². The second-order valence-corrected chi connectivity index (χ2v) is 20.6. The number of hydrogen-bond donors (Lipinski definition) is 2. The normalized spacial score (nSPS) is 11.7. The van der Waals surface area contributed by atoms with Crippen molar-refractivity contribution in [1.82, 2.24) is 49.5 Å². The molecule has 0 aliphatic carbocycles. The number of benzene rings is 4. The van der Waals surface area contributed by atoms with E-state index >= 15 is 0 Å². The van der Waals surface area contributed by atoms with E-state index < -0.39 is 0 Å². The van der Waals surface area contributed by atoms with Gasteiger partial charge in [0.1, 0.15) is 11.6 Å². The zero-order valence-corrected chi connectivity index (χ0v) is 38.0. The van der Waals surface area contributed by atoms with E-state index in [-0.39, 0.29) is 5.41 Å². The molecule has 0 saturated heterocycles. The number of aromatic amines is 2. The third-order valence-electron chi connectivity index (χ3n) is 9.71. The van der Waals surface area contributed by atoms with E-state index in [4.69, 9.17) is 4.98 Å². The van der Waals surface area contributed by atoms with Crippen molar-refractivity contribution in [2.24, 2.45) is 0 Å². The Bertz CT molecular complexity index is 3030. The van der Waals surface area contributed by atoms with Crippen molar-refractivity contribution in [1.29, 1.82) is 0 Å². The van der Waals surface area contributed by atoms with Gasteiger partial charge in [0.25, 0.3) is 0 Å². The van der Waals surface area contributed by atoms with Gasteiger partial charge in [-0.25, -0.2) is 9.97 Å². The third kappa shape index (κ3) is 8.63. The lowest BCUT2D eigenvalue weighted by Gasteiger charge is -2.15. The molecule has 10 rings (SSSR count). The maximum atomic E-state index is 4.89. The van der Waals surface area contributed by atoms with E-state index in [0.717, 1.165) is 68.2 Å². The Hall–Kier alpha value is -5.32. The van der Waals surface area contributed by atoms with Crippen LogP contribution in [0.3, 0.4) is 0 Å². The van der Waals surface area contributed by atoms with Crippen molar-refractivity contribution >= 4 is 83.9 Å². The first-order chi connectivity index (χ1) is 29.2. The standard InChI is InChI=1S/C24H22BrN5S2.C21H17N5S2/c1-24(2,3)20-21(25)31-23(27-20)32-22-29-28-19(30(22)16-9-5-4-6-10-16)13-15-14-26-18-12-8-7-11-17(15)18;1-14-13-27-21(23-14)28-20-25-24-19(26(20)16-7-3-2-4-8-16)11-15-12-22-18-10-6-5-9-17(15)18/h4-12,14,26H,13H2,1-3H3;2-10,12-13,22H,11H2,1H3. The molecule has 0 bridgehead atoms. The summed E-state index contributed by atoms with van der Waals surface area (Å²) in [6.07, 6.45) is 5.51. The third-order valence-corrected chi connectivity index (χ3v) is 14.4. The van der Waals surface area contributed by atoms with Gasteiger partial charge in [0, 0.05) is 74.9 Å². The van der Waals surface area contributed by atoms with Crippen LogP contribution in [0.25, 0.3) is 33.2 Å². The fourth-order valence-electron chi connectivity index (χ4n) is 6.86. The number of aryl methyl sites for hydroxylation is 1. The number of hydrogen-bond acceptors (Lipinski definition) is 10. The highest BCUT2D eigenvalue weighted by Crippen LogP contribution is 2.40. The Kier molecular flexibility index (Phi) is 11.6. The number of H-pyrrole nitrogens is 2. The quantitative estimate of drug-likeness (QED) is 0.139. The number of halogens is 1. The Morgan fingerprint density at radius 3 is 1.57 bits per heavy atom. The monoisotopic (exact) mass is 926 g/mol. The molecule has 10 nitrogen and oxygen atoms in total. The van der Waals surface area contributed by atoms with Gasteiger partial charge in [0.05, 0.1) is 9.48 Å². The first-order valence-electron chi connectivity index (χ1n) is 19.2. The lowest BCUT2D eigenvalue weighted by Crippen LogP contribution is -2.12. The number of nitrogens with zero attached hydrogens (tertiary/aromatic N) is 8. The summed E-state index contributed by atoms with van der Waals surface area (Å²) in [6, 6.07) is 37.2. The number of thiazole rings is 2. The van der Waals surface area contributed by atoms with Gasteiger partial charge in [-0.2, -0.15) is 0 Å². The van der Waals surface area contributed by atoms with Gasteiger partial charge < -0.3 is 9.97 Å². The van der Waals surface area contributed by atoms with Crippen molar-refractivity contribution in [3.8, 4) is 11.4 Å². The number of aromatic nitrogens is 10. The number of para-hydroxylation sites is 4. The maximum absolute atomic E-state index is 4.89. The van der Waals surface area contributed by atoms with Crippen molar-refractivity contribution in [2.75, 3.05) is 0 Å². The predicted molar refractivity (Wildman–Crippen MR) is 249 cm³/mol. The summed E-state index contributed by atoms with van der Waals surface area (Å²) >= 11 is 10.1. The molecule has 10 aromatic rings. The molecule has 0 radical (unpaired) electrons. The number of nitrogens with one attached hydrogen (secondary N) is 2. The molecule has 300 valence electrons. The number of fused-ring (bicyclic) bond motifs is 2. The summed E-state index contributed by atoms with van der Waals surface area (Å²) in [7, 11) is 0. The first kappa shape index (κ1) is 40.1. The minimum atomic E-state index is -0.0260. The van der Waals surface area contributed by atoms with Crippen LogP contribution in [0.15, 0.2) is 150 Å². The van der Waals surface area contributed by atoms with Crippen LogP contribution in [-0.4, -0.2) is 49.5 Å². The van der Waals surface area contributed by atoms with Crippen molar-refractivity contribution in [3.63, 3.8) is 0 Å². The van der Waals surface area contributed by atoms with Crippen LogP contribution in [0, 0.1) is 6.92 Å². The number of rotatable bonds is 10. The summed E-state index contributed by atoms with van der Waals surface area (Å²) in [4.78, 5) is 16.2. The summed E-state index contributed by atoms with van der Waals surface area (Å²) in [5, 5.41) is 24.3. The van der Waals surface area contributed by atoms with Gasteiger partial charge in [-0.3, -0.25) is 9.13 Å².